The molecule has 4 nitrogen and oxygen atoms in total. The maximum atomic E-state index is 8.32. The first-order valence-corrected chi connectivity index (χ1v) is 4.29. The Morgan fingerprint density at radius 1 is 1.36 bits per heavy atom. The summed E-state index contributed by atoms with van der Waals surface area (Å²) in [5.74, 6) is 2.13. The van der Waals surface area contributed by atoms with E-state index in [9.17, 15) is 0 Å². The van der Waals surface area contributed by atoms with Crippen LogP contribution in [0.2, 0.25) is 0 Å². The van der Waals surface area contributed by atoms with E-state index in [1.165, 1.54) is 0 Å². The van der Waals surface area contributed by atoms with Crippen molar-refractivity contribution in [2.45, 2.75) is 6.42 Å². The largest absolute Gasteiger partial charge is 0.492 e. The molecule has 1 aliphatic rings. The van der Waals surface area contributed by atoms with E-state index in [-0.39, 0.29) is 6.79 Å². The first-order chi connectivity index (χ1) is 6.90. The van der Waals surface area contributed by atoms with Crippen LogP contribution in [0, 0.1) is 11.3 Å². The average Bonchev–Trinajstić information content (AvgIpc) is 2.65. The van der Waals surface area contributed by atoms with E-state index in [4.69, 9.17) is 19.5 Å². The van der Waals surface area contributed by atoms with Crippen molar-refractivity contribution >= 4 is 0 Å². The minimum absolute atomic E-state index is 0.261. The number of hydrogen-bond acceptors (Lipinski definition) is 4. The van der Waals surface area contributed by atoms with E-state index in [0.717, 1.165) is 5.75 Å². The Bertz CT molecular complexity index is 370. The fraction of sp³-hybridized carbons (Fsp3) is 0.300. The molecule has 4 heteroatoms. The van der Waals surface area contributed by atoms with Gasteiger partial charge in [0.05, 0.1) is 12.5 Å². The summed E-state index contributed by atoms with van der Waals surface area (Å²) in [6.07, 6.45) is 0.383. The molecule has 0 bridgehead atoms. The molecule has 0 saturated carbocycles. The highest BCUT2D eigenvalue weighted by molar-refractivity contribution is 5.46. The molecular formula is C10H9NO3. The number of benzene rings is 1. The van der Waals surface area contributed by atoms with Crippen LogP contribution in [0.25, 0.3) is 0 Å². The van der Waals surface area contributed by atoms with Crippen LogP contribution in [-0.4, -0.2) is 13.4 Å². The highest BCUT2D eigenvalue weighted by Crippen LogP contribution is 2.34. The summed E-state index contributed by atoms with van der Waals surface area (Å²) in [6.45, 7) is 0.660. The van der Waals surface area contributed by atoms with Crippen LogP contribution in [0.1, 0.15) is 6.42 Å². The first kappa shape index (κ1) is 8.70. The third kappa shape index (κ3) is 1.72. The van der Waals surface area contributed by atoms with Crippen molar-refractivity contribution < 1.29 is 14.2 Å². The highest BCUT2D eigenvalue weighted by atomic mass is 16.7. The average molecular weight is 191 g/mol. The summed E-state index contributed by atoms with van der Waals surface area (Å²) >= 11 is 0. The molecule has 0 atom stereocenters. The molecule has 14 heavy (non-hydrogen) atoms. The van der Waals surface area contributed by atoms with Crippen LogP contribution in [-0.2, 0) is 0 Å². The Balaban J connectivity index is 2.02. The SMILES string of the molecule is N#CCCOc1ccc2c(c1)OCO2. The number of nitrogens with zero attached hydrogens (tertiary/aromatic N) is 1. The Hall–Kier alpha value is -1.89. The number of hydrogen-bond donors (Lipinski definition) is 0. The molecular weight excluding hydrogens is 182 g/mol. The Morgan fingerprint density at radius 3 is 3.07 bits per heavy atom. The van der Waals surface area contributed by atoms with Gasteiger partial charge in [0.15, 0.2) is 11.5 Å². The lowest BCUT2D eigenvalue weighted by Gasteiger charge is -2.03. The summed E-state index contributed by atoms with van der Waals surface area (Å²) in [5.41, 5.74) is 0. The molecule has 0 radical (unpaired) electrons. The quantitative estimate of drug-likeness (QED) is 0.682. The van der Waals surface area contributed by atoms with Crippen molar-refractivity contribution in [2.24, 2.45) is 0 Å². The van der Waals surface area contributed by atoms with Crippen LogP contribution < -0.4 is 14.2 Å². The Labute approximate surface area is 81.6 Å². The molecule has 72 valence electrons. The minimum atomic E-state index is 0.261. The van der Waals surface area contributed by atoms with E-state index < -0.39 is 0 Å². The molecule has 2 rings (SSSR count). The van der Waals surface area contributed by atoms with Crippen molar-refractivity contribution in [1.29, 1.82) is 5.26 Å². The molecule has 1 aromatic rings. The van der Waals surface area contributed by atoms with E-state index in [0.29, 0.717) is 24.5 Å². The molecule has 1 aliphatic heterocycles. The monoisotopic (exact) mass is 191 g/mol. The van der Waals surface area contributed by atoms with E-state index >= 15 is 0 Å². The number of rotatable bonds is 3. The Kier molecular flexibility index (Phi) is 2.41. The fourth-order valence-electron chi connectivity index (χ4n) is 1.18. The second kappa shape index (κ2) is 3.88. The number of ether oxygens (including phenoxy) is 3. The van der Waals surface area contributed by atoms with Crippen LogP contribution in [0.4, 0.5) is 0 Å². The zero-order chi connectivity index (χ0) is 9.80. The fourth-order valence-corrected chi connectivity index (χ4v) is 1.18. The highest BCUT2D eigenvalue weighted by Gasteiger charge is 2.13. The molecule has 0 N–H and O–H groups in total. The van der Waals surface area contributed by atoms with Crippen LogP contribution in [0.5, 0.6) is 17.2 Å². The summed E-state index contributed by atoms with van der Waals surface area (Å²) < 4.78 is 15.6. The van der Waals surface area contributed by atoms with Gasteiger partial charge in [-0.25, -0.2) is 0 Å². The van der Waals surface area contributed by atoms with Gasteiger partial charge in [0.1, 0.15) is 12.4 Å². The summed E-state index contributed by atoms with van der Waals surface area (Å²) in [6, 6.07) is 7.37. The van der Waals surface area contributed by atoms with Gasteiger partial charge in [-0.1, -0.05) is 0 Å². The van der Waals surface area contributed by atoms with Gasteiger partial charge in [0, 0.05) is 6.07 Å². The smallest absolute Gasteiger partial charge is 0.231 e. The summed E-state index contributed by atoms with van der Waals surface area (Å²) in [7, 11) is 0. The lowest BCUT2D eigenvalue weighted by molar-refractivity contribution is 0.174. The predicted molar refractivity (Wildman–Crippen MR) is 48.3 cm³/mol. The van der Waals surface area contributed by atoms with Crippen molar-refractivity contribution in [3.63, 3.8) is 0 Å². The van der Waals surface area contributed by atoms with Gasteiger partial charge in [0.25, 0.3) is 0 Å². The maximum Gasteiger partial charge on any atom is 0.231 e. The maximum absolute atomic E-state index is 8.32. The van der Waals surface area contributed by atoms with Crippen LogP contribution >= 0.6 is 0 Å². The first-order valence-electron chi connectivity index (χ1n) is 4.29. The summed E-state index contributed by atoms with van der Waals surface area (Å²) in [5, 5.41) is 8.32. The van der Waals surface area contributed by atoms with E-state index in [1.54, 1.807) is 18.2 Å². The molecule has 0 aliphatic carbocycles. The summed E-state index contributed by atoms with van der Waals surface area (Å²) in [4.78, 5) is 0. The standard InChI is InChI=1S/C10H9NO3/c11-4-1-5-12-8-2-3-9-10(6-8)14-7-13-9/h2-3,6H,1,5,7H2. The van der Waals surface area contributed by atoms with Gasteiger partial charge in [-0.15, -0.1) is 0 Å². The van der Waals surface area contributed by atoms with E-state index in [2.05, 4.69) is 0 Å². The second-order valence-electron chi connectivity index (χ2n) is 2.77. The molecule has 0 unspecified atom stereocenters. The van der Waals surface area contributed by atoms with Crippen molar-refractivity contribution in [1.82, 2.24) is 0 Å². The zero-order valence-corrected chi connectivity index (χ0v) is 7.53. The third-order valence-corrected chi connectivity index (χ3v) is 1.83. The normalized spacial score (nSPS) is 12.2. The molecule has 1 heterocycles. The molecule has 0 amide bonds. The zero-order valence-electron chi connectivity index (χ0n) is 7.53. The van der Waals surface area contributed by atoms with Gasteiger partial charge in [-0.3, -0.25) is 0 Å². The van der Waals surface area contributed by atoms with Gasteiger partial charge in [0.2, 0.25) is 6.79 Å². The van der Waals surface area contributed by atoms with Gasteiger partial charge < -0.3 is 14.2 Å². The van der Waals surface area contributed by atoms with E-state index in [1.807, 2.05) is 6.07 Å². The van der Waals surface area contributed by atoms with Crippen LogP contribution in [0.3, 0.4) is 0 Å². The number of fused-ring (bicyclic) bond motifs is 1. The molecule has 0 fully saturated rings. The lowest BCUT2D eigenvalue weighted by atomic mass is 10.3. The lowest BCUT2D eigenvalue weighted by Crippen LogP contribution is -1.95. The van der Waals surface area contributed by atoms with Crippen molar-refractivity contribution in [3.8, 4) is 23.3 Å². The third-order valence-electron chi connectivity index (χ3n) is 1.83. The Morgan fingerprint density at radius 2 is 2.21 bits per heavy atom. The second-order valence-corrected chi connectivity index (χ2v) is 2.77. The topological polar surface area (TPSA) is 51.5 Å². The van der Waals surface area contributed by atoms with Crippen LogP contribution in [0.15, 0.2) is 18.2 Å². The molecule has 0 aromatic heterocycles. The van der Waals surface area contributed by atoms with Gasteiger partial charge in [-0.2, -0.15) is 5.26 Å². The molecule has 0 spiro atoms. The number of nitriles is 1. The molecule has 1 aromatic carbocycles. The van der Waals surface area contributed by atoms with Crippen molar-refractivity contribution in [2.75, 3.05) is 13.4 Å². The van der Waals surface area contributed by atoms with Gasteiger partial charge in [-0.05, 0) is 12.1 Å². The van der Waals surface area contributed by atoms with Crippen molar-refractivity contribution in [3.05, 3.63) is 18.2 Å². The predicted octanol–water partition coefficient (Wildman–Crippen LogP) is 1.71. The molecule has 0 saturated heterocycles. The van der Waals surface area contributed by atoms with Gasteiger partial charge >= 0.3 is 0 Å². The minimum Gasteiger partial charge on any atom is -0.492 e.